The molecule has 0 unspecified atom stereocenters. The first-order valence-corrected chi connectivity index (χ1v) is 5.91. The topological polar surface area (TPSA) is 110 Å². The second-order valence-electron chi connectivity index (χ2n) is 4.05. The quantitative estimate of drug-likeness (QED) is 0.379. The molecule has 0 spiro atoms. The van der Waals surface area contributed by atoms with Crippen molar-refractivity contribution in [2.75, 3.05) is 0 Å². The predicted octanol–water partition coefficient (Wildman–Crippen LogP) is 2.73. The van der Waals surface area contributed by atoms with Gasteiger partial charge in [-0.25, -0.2) is 9.98 Å². The van der Waals surface area contributed by atoms with Crippen LogP contribution in [-0.2, 0) is 0 Å². The lowest BCUT2D eigenvalue weighted by atomic mass is 10.2. The summed E-state index contributed by atoms with van der Waals surface area (Å²) in [5.74, 6) is 1.32. The summed E-state index contributed by atoms with van der Waals surface area (Å²) in [6.07, 6.45) is 2.57. The Bertz CT molecular complexity index is 688. The molecule has 1 heterocycles. The molecule has 108 valence electrons. The van der Waals surface area contributed by atoms with E-state index in [1.165, 1.54) is 24.4 Å². The maximum absolute atomic E-state index is 10.7. The smallest absolute Gasteiger partial charge is 0.269 e. The first kappa shape index (κ1) is 14.4. The standard InChI is InChI=1S/C13H12N4O4/c1-9-6-10(17(19)20)2-3-12(9)21-11-4-5-14-13(7-11)15-8-16-18/h2-8,18H,1H3,(H,14,15,16). The van der Waals surface area contributed by atoms with Gasteiger partial charge in [0, 0.05) is 24.4 Å². The molecule has 0 aliphatic rings. The third kappa shape index (κ3) is 3.74. The molecule has 0 aliphatic heterocycles. The fourth-order valence-electron chi connectivity index (χ4n) is 1.62. The predicted molar refractivity (Wildman–Crippen MR) is 75.2 cm³/mol. The second kappa shape index (κ2) is 6.44. The monoisotopic (exact) mass is 288 g/mol. The molecule has 1 aromatic carbocycles. The van der Waals surface area contributed by atoms with Gasteiger partial charge in [-0.2, -0.15) is 0 Å². The van der Waals surface area contributed by atoms with Gasteiger partial charge in [-0.1, -0.05) is 0 Å². The van der Waals surface area contributed by atoms with Gasteiger partial charge in [0.25, 0.3) is 5.69 Å². The molecule has 8 nitrogen and oxygen atoms in total. The van der Waals surface area contributed by atoms with Crippen LogP contribution in [0.2, 0.25) is 0 Å². The summed E-state index contributed by atoms with van der Waals surface area (Å²) in [5, 5.41) is 19.1. The van der Waals surface area contributed by atoms with E-state index in [1.54, 1.807) is 24.5 Å². The highest BCUT2D eigenvalue weighted by atomic mass is 16.6. The number of rotatable bonds is 5. The van der Waals surface area contributed by atoms with Gasteiger partial charge in [-0.05, 0) is 24.6 Å². The summed E-state index contributed by atoms with van der Waals surface area (Å²) in [4.78, 5) is 18.0. The normalized spacial score (nSPS) is 10.6. The van der Waals surface area contributed by atoms with Crippen molar-refractivity contribution in [3.8, 4) is 11.5 Å². The van der Waals surface area contributed by atoms with Crippen LogP contribution in [0.25, 0.3) is 0 Å². The van der Waals surface area contributed by atoms with Crippen molar-refractivity contribution in [2.45, 2.75) is 6.92 Å². The molecular weight excluding hydrogens is 276 g/mol. The third-order valence-electron chi connectivity index (χ3n) is 2.57. The van der Waals surface area contributed by atoms with Crippen molar-refractivity contribution >= 4 is 17.8 Å². The third-order valence-corrected chi connectivity index (χ3v) is 2.57. The molecule has 2 rings (SSSR count). The number of hydroxylamine groups is 1. The summed E-state index contributed by atoms with van der Waals surface area (Å²) in [6.45, 7) is 1.72. The number of nitrogens with zero attached hydrogens (tertiary/aromatic N) is 3. The SMILES string of the molecule is Cc1cc([N+](=O)[O-])ccc1Oc1ccnc(N=CNO)c1. The van der Waals surface area contributed by atoms with Crippen molar-refractivity contribution < 1.29 is 14.9 Å². The fraction of sp³-hybridized carbons (Fsp3) is 0.0769. The molecule has 0 saturated heterocycles. The minimum absolute atomic E-state index is 0.00823. The van der Waals surface area contributed by atoms with E-state index in [0.29, 0.717) is 22.9 Å². The van der Waals surface area contributed by atoms with E-state index in [2.05, 4.69) is 9.98 Å². The highest BCUT2D eigenvalue weighted by Crippen LogP contribution is 2.29. The Morgan fingerprint density at radius 3 is 2.90 bits per heavy atom. The molecule has 0 amide bonds. The van der Waals surface area contributed by atoms with Crippen LogP contribution in [-0.4, -0.2) is 21.5 Å². The number of hydrogen-bond donors (Lipinski definition) is 2. The zero-order valence-electron chi connectivity index (χ0n) is 11.1. The van der Waals surface area contributed by atoms with E-state index >= 15 is 0 Å². The summed E-state index contributed by atoms with van der Waals surface area (Å²) in [7, 11) is 0. The van der Waals surface area contributed by atoms with Gasteiger partial charge < -0.3 is 4.74 Å². The second-order valence-corrected chi connectivity index (χ2v) is 4.05. The molecule has 2 N–H and O–H groups in total. The number of ether oxygens (including phenoxy) is 1. The Morgan fingerprint density at radius 1 is 1.43 bits per heavy atom. The average molecular weight is 288 g/mol. The van der Waals surface area contributed by atoms with Crippen LogP contribution in [0.5, 0.6) is 11.5 Å². The maximum atomic E-state index is 10.7. The summed E-state index contributed by atoms with van der Waals surface area (Å²) in [6, 6.07) is 7.54. The Kier molecular flexibility index (Phi) is 4.42. The highest BCUT2D eigenvalue weighted by Gasteiger charge is 2.09. The lowest BCUT2D eigenvalue weighted by Gasteiger charge is -2.08. The molecule has 21 heavy (non-hydrogen) atoms. The van der Waals surface area contributed by atoms with Gasteiger partial charge >= 0.3 is 0 Å². The van der Waals surface area contributed by atoms with Crippen LogP contribution < -0.4 is 10.2 Å². The number of benzene rings is 1. The Balaban J connectivity index is 2.22. The number of aliphatic imine (C=N–C) groups is 1. The highest BCUT2D eigenvalue weighted by molar-refractivity contribution is 5.58. The molecule has 0 radical (unpaired) electrons. The number of nitro benzene ring substituents is 1. The van der Waals surface area contributed by atoms with Crippen LogP contribution >= 0.6 is 0 Å². The van der Waals surface area contributed by atoms with Gasteiger partial charge in [0.1, 0.15) is 17.8 Å². The molecule has 0 bridgehead atoms. The van der Waals surface area contributed by atoms with Crippen molar-refractivity contribution in [1.29, 1.82) is 0 Å². The number of pyridine rings is 1. The van der Waals surface area contributed by atoms with Crippen LogP contribution in [0.4, 0.5) is 11.5 Å². The summed E-state index contributed by atoms with van der Waals surface area (Å²) < 4.78 is 5.65. The molecular formula is C13H12N4O4. The molecule has 0 fully saturated rings. The van der Waals surface area contributed by atoms with Gasteiger partial charge in [0.2, 0.25) is 0 Å². The first-order chi connectivity index (χ1) is 10.1. The Hall–Kier alpha value is -3.00. The zero-order chi connectivity index (χ0) is 15.2. The number of non-ortho nitro benzene ring substituents is 1. The number of aryl methyl sites for hydroxylation is 1. The zero-order valence-corrected chi connectivity index (χ0v) is 11.1. The molecule has 1 aromatic heterocycles. The average Bonchev–Trinajstić information content (AvgIpc) is 2.47. The van der Waals surface area contributed by atoms with Crippen molar-refractivity contribution in [2.24, 2.45) is 4.99 Å². The summed E-state index contributed by atoms with van der Waals surface area (Å²) >= 11 is 0. The van der Waals surface area contributed by atoms with Gasteiger partial charge in [0.15, 0.2) is 5.82 Å². The van der Waals surface area contributed by atoms with E-state index < -0.39 is 4.92 Å². The Labute approximate surface area is 119 Å². The van der Waals surface area contributed by atoms with Gasteiger partial charge in [0.05, 0.1) is 4.92 Å². The lowest BCUT2D eigenvalue weighted by molar-refractivity contribution is -0.384. The van der Waals surface area contributed by atoms with Crippen molar-refractivity contribution in [3.63, 3.8) is 0 Å². The van der Waals surface area contributed by atoms with E-state index in [4.69, 9.17) is 9.94 Å². The molecule has 0 atom stereocenters. The largest absolute Gasteiger partial charge is 0.457 e. The van der Waals surface area contributed by atoms with Gasteiger partial charge in [-0.3, -0.25) is 20.8 Å². The molecule has 0 saturated carbocycles. The Morgan fingerprint density at radius 2 is 2.24 bits per heavy atom. The number of hydrogen-bond acceptors (Lipinski definition) is 6. The van der Waals surface area contributed by atoms with Crippen LogP contribution in [0.3, 0.4) is 0 Å². The van der Waals surface area contributed by atoms with E-state index in [-0.39, 0.29) is 5.69 Å². The number of aromatic nitrogens is 1. The maximum Gasteiger partial charge on any atom is 0.269 e. The van der Waals surface area contributed by atoms with Gasteiger partial charge in [-0.15, -0.1) is 0 Å². The van der Waals surface area contributed by atoms with E-state index in [9.17, 15) is 10.1 Å². The van der Waals surface area contributed by atoms with Crippen molar-refractivity contribution in [3.05, 3.63) is 52.2 Å². The molecule has 0 aliphatic carbocycles. The van der Waals surface area contributed by atoms with Crippen molar-refractivity contribution in [1.82, 2.24) is 10.5 Å². The number of nitrogens with one attached hydrogen (secondary N) is 1. The van der Waals surface area contributed by atoms with Crippen LogP contribution in [0.1, 0.15) is 5.56 Å². The summed E-state index contributed by atoms with van der Waals surface area (Å²) in [5.41, 5.74) is 2.42. The minimum Gasteiger partial charge on any atom is -0.457 e. The minimum atomic E-state index is -0.460. The number of nitro groups is 1. The first-order valence-electron chi connectivity index (χ1n) is 5.91. The fourth-order valence-corrected chi connectivity index (χ4v) is 1.62. The lowest BCUT2D eigenvalue weighted by Crippen LogP contribution is -2.01. The molecule has 2 aromatic rings. The van der Waals surface area contributed by atoms with E-state index in [1.807, 2.05) is 0 Å². The van der Waals surface area contributed by atoms with Crippen LogP contribution in [0.15, 0.2) is 41.5 Å². The van der Waals surface area contributed by atoms with E-state index in [0.717, 1.165) is 6.34 Å². The van der Waals surface area contributed by atoms with Crippen LogP contribution in [0, 0.1) is 17.0 Å². The molecule has 8 heteroatoms.